The summed E-state index contributed by atoms with van der Waals surface area (Å²) in [6, 6.07) is 0. The topological polar surface area (TPSA) is 73.1 Å². The van der Waals surface area contributed by atoms with Gasteiger partial charge in [0.25, 0.3) is 0 Å². The van der Waals surface area contributed by atoms with Crippen LogP contribution < -0.4 is 11.3 Å². The summed E-state index contributed by atoms with van der Waals surface area (Å²) < 4.78 is 19.1. The Balaban J connectivity index is 2.31. The smallest absolute Gasteiger partial charge is 0.187 e. The molecule has 1 aliphatic heterocycles. The zero-order valence-electron chi connectivity index (χ0n) is 9.33. The number of halogens is 1. The number of hydrazine groups is 1. The van der Waals surface area contributed by atoms with E-state index in [2.05, 4.69) is 15.4 Å². The number of nitrogens with zero attached hydrogens (tertiary/aromatic N) is 2. The molecule has 1 aliphatic rings. The van der Waals surface area contributed by atoms with Crippen LogP contribution in [-0.2, 0) is 4.74 Å². The molecule has 2 rings (SSSR count). The average Bonchev–Trinajstić information content (AvgIpc) is 2.69. The Morgan fingerprint density at radius 1 is 1.44 bits per heavy atom. The van der Waals surface area contributed by atoms with Crippen LogP contribution in [0.5, 0.6) is 0 Å². The molecule has 0 aromatic carbocycles. The molecule has 3 N–H and O–H groups in total. The summed E-state index contributed by atoms with van der Waals surface area (Å²) in [5, 5.41) is 0. The highest BCUT2D eigenvalue weighted by atomic mass is 19.1. The van der Waals surface area contributed by atoms with Crippen molar-refractivity contribution in [3.05, 3.63) is 17.3 Å². The third kappa shape index (κ3) is 1.98. The van der Waals surface area contributed by atoms with Crippen LogP contribution in [0.25, 0.3) is 0 Å². The second kappa shape index (κ2) is 4.31. The summed E-state index contributed by atoms with van der Waals surface area (Å²) in [4.78, 5) is 8.11. The maximum Gasteiger partial charge on any atom is 0.187 e. The zero-order valence-corrected chi connectivity index (χ0v) is 9.33. The van der Waals surface area contributed by atoms with Gasteiger partial charge in [-0.2, -0.15) is 0 Å². The average molecular weight is 226 g/mol. The Morgan fingerprint density at radius 2 is 2.19 bits per heavy atom. The first kappa shape index (κ1) is 11.2. The summed E-state index contributed by atoms with van der Waals surface area (Å²) in [5.41, 5.74) is 2.51. The predicted octanol–water partition coefficient (Wildman–Crippen LogP) is 1.45. The molecule has 0 aliphatic carbocycles. The van der Waals surface area contributed by atoms with Gasteiger partial charge in [-0.25, -0.2) is 20.2 Å². The van der Waals surface area contributed by atoms with E-state index in [1.807, 2.05) is 6.92 Å². The summed E-state index contributed by atoms with van der Waals surface area (Å²) in [7, 11) is 0. The lowest BCUT2D eigenvalue weighted by Gasteiger charge is -2.12. The number of hydrogen-bond donors (Lipinski definition) is 2. The largest absolute Gasteiger partial charge is 0.367 e. The van der Waals surface area contributed by atoms with Crippen molar-refractivity contribution in [3.8, 4) is 0 Å². The van der Waals surface area contributed by atoms with Gasteiger partial charge in [0.15, 0.2) is 17.5 Å². The summed E-state index contributed by atoms with van der Waals surface area (Å²) in [5.74, 6) is 5.19. The van der Waals surface area contributed by atoms with Crippen molar-refractivity contribution >= 4 is 5.82 Å². The predicted molar refractivity (Wildman–Crippen MR) is 57.1 cm³/mol. The number of aryl methyl sites for hydroxylation is 1. The lowest BCUT2D eigenvalue weighted by Crippen LogP contribution is -2.15. The van der Waals surface area contributed by atoms with Gasteiger partial charge in [-0.3, -0.25) is 0 Å². The SMILES string of the molecule is Cc1nc(C2CCC(C)O2)nc(NN)c1F. The van der Waals surface area contributed by atoms with E-state index in [0.29, 0.717) is 5.82 Å². The first-order chi connectivity index (χ1) is 7.61. The number of aromatic nitrogens is 2. The molecule has 0 spiro atoms. The van der Waals surface area contributed by atoms with Crippen molar-refractivity contribution in [1.29, 1.82) is 0 Å². The molecule has 2 unspecified atom stereocenters. The maximum atomic E-state index is 13.4. The summed E-state index contributed by atoms with van der Waals surface area (Å²) >= 11 is 0. The van der Waals surface area contributed by atoms with Crippen molar-refractivity contribution in [1.82, 2.24) is 9.97 Å². The number of ether oxygens (including phenoxy) is 1. The number of hydrogen-bond acceptors (Lipinski definition) is 5. The number of nitrogens with one attached hydrogen (secondary N) is 1. The van der Waals surface area contributed by atoms with E-state index in [-0.39, 0.29) is 23.7 Å². The normalized spacial score (nSPS) is 24.8. The van der Waals surface area contributed by atoms with Crippen LogP contribution in [0.15, 0.2) is 0 Å². The van der Waals surface area contributed by atoms with Crippen molar-refractivity contribution in [3.63, 3.8) is 0 Å². The van der Waals surface area contributed by atoms with Gasteiger partial charge in [0.1, 0.15) is 6.10 Å². The standard InChI is InChI=1S/C10H15FN4O/c1-5-3-4-7(16-5)9-13-6(2)8(11)10(14-9)15-12/h5,7H,3-4,12H2,1-2H3,(H,13,14,15). The number of rotatable bonds is 2. The van der Waals surface area contributed by atoms with Gasteiger partial charge in [-0.1, -0.05) is 0 Å². The molecule has 0 radical (unpaired) electrons. The van der Waals surface area contributed by atoms with Crippen LogP contribution in [0.4, 0.5) is 10.2 Å². The summed E-state index contributed by atoms with van der Waals surface area (Å²) in [6.07, 6.45) is 1.88. The zero-order chi connectivity index (χ0) is 11.7. The minimum absolute atomic E-state index is 0.0191. The molecule has 88 valence electrons. The number of nitrogens with two attached hydrogens (primary N) is 1. The van der Waals surface area contributed by atoms with Gasteiger partial charge < -0.3 is 10.2 Å². The molecule has 0 bridgehead atoms. The lowest BCUT2D eigenvalue weighted by atomic mass is 10.2. The molecule has 1 saturated heterocycles. The molecule has 16 heavy (non-hydrogen) atoms. The Bertz CT molecular complexity index is 399. The van der Waals surface area contributed by atoms with E-state index in [4.69, 9.17) is 10.6 Å². The molecule has 2 heterocycles. The van der Waals surface area contributed by atoms with E-state index >= 15 is 0 Å². The second-order valence-corrected chi connectivity index (χ2v) is 3.99. The van der Waals surface area contributed by atoms with Crippen LogP contribution in [0.1, 0.15) is 37.4 Å². The monoisotopic (exact) mass is 226 g/mol. The minimum Gasteiger partial charge on any atom is -0.367 e. The van der Waals surface area contributed by atoms with E-state index in [0.717, 1.165) is 12.8 Å². The van der Waals surface area contributed by atoms with Crippen LogP contribution in [0.3, 0.4) is 0 Å². The molecule has 1 aromatic rings. The van der Waals surface area contributed by atoms with E-state index in [9.17, 15) is 4.39 Å². The fourth-order valence-electron chi connectivity index (χ4n) is 1.81. The van der Waals surface area contributed by atoms with E-state index < -0.39 is 5.82 Å². The number of anilines is 1. The third-order valence-corrected chi connectivity index (χ3v) is 2.69. The molecule has 1 fully saturated rings. The molecule has 1 aromatic heterocycles. The fraction of sp³-hybridized carbons (Fsp3) is 0.600. The third-order valence-electron chi connectivity index (χ3n) is 2.69. The van der Waals surface area contributed by atoms with Crippen molar-refractivity contribution in [2.24, 2.45) is 5.84 Å². The van der Waals surface area contributed by atoms with Gasteiger partial charge in [0.2, 0.25) is 0 Å². The number of nitrogen functional groups attached to an aromatic ring is 1. The van der Waals surface area contributed by atoms with Gasteiger partial charge in [0.05, 0.1) is 11.8 Å². The van der Waals surface area contributed by atoms with Gasteiger partial charge >= 0.3 is 0 Å². The highest BCUT2D eigenvalue weighted by molar-refractivity contribution is 5.36. The van der Waals surface area contributed by atoms with E-state index in [1.165, 1.54) is 0 Å². The summed E-state index contributed by atoms with van der Waals surface area (Å²) in [6.45, 7) is 3.58. The lowest BCUT2D eigenvalue weighted by molar-refractivity contribution is 0.0501. The van der Waals surface area contributed by atoms with E-state index in [1.54, 1.807) is 6.92 Å². The first-order valence-corrected chi connectivity index (χ1v) is 5.28. The second-order valence-electron chi connectivity index (χ2n) is 3.99. The van der Waals surface area contributed by atoms with Crippen LogP contribution in [-0.4, -0.2) is 16.1 Å². The van der Waals surface area contributed by atoms with Crippen LogP contribution in [0.2, 0.25) is 0 Å². The van der Waals surface area contributed by atoms with Crippen LogP contribution in [0, 0.1) is 12.7 Å². The highest BCUT2D eigenvalue weighted by Gasteiger charge is 2.27. The van der Waals surface area contributed by atoms with Crippen molar-refractivity contribution < 1.29 is 9.13 Å². The molecule has 5 nitrogen and oxygen atoms in total. The minimum atomic E-state index is -0.516. The maximum absolute atomic E-state index is 13.4. The Hall–Kier alpha value is -1.27. The first-order valence-electron chi connectivity index (χ1n) is 5.28. The molecular formula is C10H15FN4O. The fourth-order valence-corrected chi connectivity index (χ4v) is 1.81. The highest BCUT2D eigenvalue weighted by Crippen LogP contribution is 2.31. The van der Waals surface area contributed by atoms with Crippen LogP contribution >= 0.6 is 0 Å². The van der Waals surface area contributed by atoms with Gasteiger partial charge in [-0.15, -0.1) is 0 Å². The molecule has 0 saturated carbocycles. The molecule has 2 atom stereocenters. The molecule has 6 heteroatoms. The Morgan fingerprint density at radius 3 is 2.75 bits per heavy atom. The molecular weight excluding hydrogens is 211 g/mol. The van der Waals surface area contributed by atoms with Gasteiger partial charge in [-0.05, 0) is 26.7 Å². The Kier molecular flexibility index (Phi) is 3.02. The molecule has 0 amide bonds. The quantitative estimate of drug-likeness (QED) is 0.589. The van der Waals surface area contributed by atoms with Crippen molar-refractivity contribution in [2.45, 2.75) is 38.9 Å². The van der Waals surface area contributed by atoms with Crippen molar-refractivity contribution in [2.75, 3.05) is 5.43 Å². The van der Waals surface area contributed by atoms with Gasteiger partial charge in [0, 0.05) is 0 Å². The Labute approximate surface area is 93.2 Å².